The highest BCUT2D eigenvalue weighted by molar-refractivity contribution is 6.03. The van der Waals surface area contributed by atoms with Gasteiger partial charge in [0.15, 0.2) is 23.2 Å². The third-order valence-electron chi connectivity index (χ3n) is 5.92. The zero-order valence-electron chi connectivity index (χ0n) is 19.1. The molecule has 2 aliphatic heterocycles. The molecule has 2 amide bonds. The van der Waals surface area contributed by atoms with Gasteiger partial charge >= 0.3 is 0 Å². The summed E-state index contributed by atoms with van der Waals surface area (Å²) in [7, 11) is 2.99. The van der Waals surface area contributed by atoms with Crippen LogP contribution in [0.25, 0.3) is 0 Å². The normalized spacial score (nSPS) is 18.1. The van der Waals surface area contributed by atoms with Crippen molar-refractivity contribution >= 4 is 29.3 Å². The molecule has 0 radical (unpaired) electrons. The smallest absolute Gasteiger partial charge is 0.254 e. The fraction of sp³-hybridized carbons (Fsp3) is 0.455. The van der Waals surface area contributed by atoms with Crippen molar-refractivity contribution in [1.82, 2.24) is 14.9 Å². The molecule has 2 N–H and O–H groups in total. The number of likely N-dealkylation sites (tertiary alicyclic amines) is 1. The molecule has 4 rings (SSSR count). The zero-order chi connectivity index (χ0) is 24.0. The predicted molar refractivity (Wildman–Crippen MR) is 119 cm³/mol. The number of halogens is 2. The first-order valence-corrected chi connectivity index (χ1v) is 10.6. The number of rotatable bonds is 5. The van der Waals surface area contributed by atoms with Crippen LogP contribution in [-0.2, 0) is 4.79 Å². The Morgan fingerprint density at radius 1 is 1.24 bits per heavy atom. The summed E-state index contributed by atoms with van der Waals surface area (Å²) in [5.74, 6) is -1.83. The van der Waals surface area contributed by atoms with Gasteiger partial charge in [0.25, 0.3) is 5.91 Å². The van der Waals surface area contributed by atoms with E-state index in [0.717, 1.165) is 19.2 Å². The highest BCUT2D eigenvalue weighted by Gasteiger charge is 2.36. The van der Waals surface area contributed by atoms with Crippen molar-refractivity contribution in [3.05, 3.63) is 35.0 Å². The highest BCUT2D eigenvalue weighted by atomic mass is 19.1. The van der Waals surface area contributed by atoms with Gasteiger partial charge in [0, 0.05) is 25.7 Å². The molecule has 33 heavy (non-hydrogen) atoms. The Labute approximate surface area is 190 Å². The van der Waals surface area contributed by atoms with Gasteiger partial charge in [-0.15, -0.1) is 0 Å². The van der Waals surface area contributed by atoms with E-state index >= 15 is 0 Å². The van der Waals surface area contributed by atoms with Gasteiger partial charge in [-0.25, -0.2) is 13.8 Å². The van der Waals surface area contributed by atoms with Crippen molar-refractivity contribution in [2.45, 2.75) is 32.9 Å². The summed E-state index contributed by atoms with van der Waals surface area (Å²) in [6, 6.07) is 1.47. The Morgan fingerprint density at radius 3 is 2.45 bits per heavy atom. The number of carbonyl (C=O) groups excluding carboxylic acids is 2. The third-order valence-corrected chi connectivity index (χ3v) is 5.92. The standard InChI is InChI=1S/C22H26F2N6O3/c1-10(2)17-20(31)27-16-11(3)25-22(28-19(16)29(17)4)26-13-8-30(9-13)21(32)12-6-14(23)18(33-5)15(24)7-12/h6-7,10,13,17H,8-9H2,1-5H3,(H,27,31)(H,25,26,28). The van der Waals surface area contributed by atoms with Crippen LogP contribution in [-0.4, -0.2) is 66.0 Å². The second kappa shape index (κ2) is 8.45. The maximum atomic E-state index is 13.9. The number of methoxy groups -OCH3 is 1. The van der Waals surface area contributed by atoms with Gasteiger partial charge in [0.1, 0.15) is 11.7 Å². The van der Waals surface area contributed by atoms with E-state index in [4.69, 9.17) is 0 Å². The fourth-order valence-electron chi connectivity index (χ4n) is 4.26. The van der Waals surface area contributed by atoms with Crippen LogP contribution < -0.4 is 20.3 Å². The van der Waals surface area contributed by atoms with Crippen LogP contribution in [0.2, 0.25) is 0 Å². The van der Waals surface area contributed by atoms with Crippen LogP contribution in [0.5, 0.6) is 5.75 Å². The number of anilines is 3. The van der Waals surface area contributed by atoms with E-state index in [1.54, 1.807) is 6.92 Å². The largest absolute Gasteiger partial charge is 0.491 e. The van der Waals surface area contributed by atoms with Gasteiger partial charge in [-0.1, -0.05) is 13.8 Å². The van der Waals surface area contributed by atoms with Crippen molar-refractivity contribution in [1.29, 1.82) is 0 Å². The van der Waals surface area contributed by atoms with Gasteiger partial charge in [0.2, 0.25) is 11.9 Å². The number of hydrogen-bond acceptors (Lipinski definition) is 7. The number of aryl methyl sites for hydroxylation is 1. The number of fused-ring (bicyclic) bond motifs is 1. The second-order valence-electron chi connectivity index (χ2n) is 8.64. The lowest BCUT2D eigenvalue weighted by molar-refractivity contribution is -0.118. The molecule has 3 heterocycles. The number of hydrogen-bond donors (Lipinski definition) is 2. The van der Waals surface area contributed by atoms with Gasteiger partial charge < -0.3 is 25.2 Å². The van der Waals surface area contributed by atoms with Crippen LogP contribution in [0.4, 0.5) is 26.2 Å². The molecule has 0 bridgehead atoms. The van der Waals surface area contributed by atoms with Crippen molar-refractivity contribution in [3.8, 4) is 5.75 Å². The van der Waals surface area contributed by atoms with Crippen molar-refractivity contribution in [2.24, 2.45) is 5.92 Å². The number of aromatic nitrogens is 2. The summed E-state index contributed by atoms with van der Waals surface area (Å²) in [5.41, 5.74) is 1.13. The van der Waals surface area contributed by atoms with Crippen molar-refractivity contribution in [2.75, 3.05) is 42.8 Å². The lowest BCUT2D eigenvalue weighted by Gasteiger charge is -2.40. The Morgan fingerprint density at radius 2 is 1.88 bits per heavy atom. The molecule has 0 spiro atoms. The number of ether oxygens (including phenoxy) is 1. The molecule has 1 aromatic heterocycles. The molecule has 1 aromatic carbocycles. The number of amides is 2. The second-order valence-corrected chi connectivity index (χ2v) is 8.64. The first-order chi connectivity index (χ1) is 15.6. The van der Waals surface area contributed by atoms with Gasteiger partial charge in [-0.3, -0.25) is 9.59 Å². The van der Waals surface area contributed by atoms with Crippen LogP contribution in [0.1, 0.15) is 29.9 Å². The maximum Gasteiger partial charge on any atom is 0.254 e. The lowest BCUT2D eigenvalue weighted by atomic mass is 9.99. The molecule has 0 saturated carbocycles. The molecular formula is C22H26F2N6O3. The molecule has 1 fully saturated rings. The molecule has 11 heteroatoms. The van der Waals surface area contributed by atoms with Crippen LogP contribution in [0.3, 0.4) is 0 Å². The van der Waals surface area contributed by atoms with E-state index in [0.29, 0.717) is 36.2 Å². The van der Waals surface area contributed by atoms with E-state index in [1.165, 1.54) is 4.90 Å². The summed E-state index contributed by atoms with van der Waals surface area (Å²) in [6.07, 6.45) is 0. The predicted octanol–water partition coefficient (Wildman–Crippen LogP) is 2.42. The monoisotopic (exact) mass is 460 g/mol. The van der Waals surface area contributed by atoms with Gasteiger partial charge in [0.05, 0.1) is 18.8 Å². The van der Waals surface area contributed by atoms with Crippen molar-refractivity contribution in [3.63, 3.8) is 0 Å². The minimum absolute atomic E-state index is 0.0813. The van der Waals surface area contributed by atoms with E-state index in [2.05, 4.69) is 25.3 Å². The molecule has 0 aliphatic carbocycles. The number of likely N-dealkylation sites (N-methyl/N-ethyl adjacent to an activating group) is 1. The number of nitrogens with one attached hydrogen (secondary N) is 2. The summed E-state index contributed by atoms with van der Waals surface area (Å²) >= 11 is 0. The van der Waals surface area contributed by atoms with E-state index in [-0.39, 0.29) is 29.5 Å². The van der Waals surface area contributed by atoms with Crippen LogP contribution in [0.15, 0.2) is 12.1 Å². The summed E-state index contributed by atoms with van der Waals surface area (Å²) in [4.78, 5) is 37.4. The highest BCUT2D eigenvalue weighted by Crippen LogP contribution is 2.34. The summed E-state index contributed by atoms with van der Waals surface area (Å²) in [6.45, 7) is 6.39. The molecule has 2 aromatic rings. The van der Waals surface area contributed by atoms with E-state index in [1.807, 2.05) is 25.8 Å². The maximum absolute atomic E-state index is 13.9. The number of benzene rings is 1. The lowest BCUT2D eigenvalue weighted by Crippen LogP contribution is -2.57. The molecule has 1 unspecified atom stereocenters. The quantitative estimate of drug-likeness (QED) is 0.707. The Balaban J connectivity index is 1.45. The minimum Gasteiger partial charge on any atom is -0.491 e. The summed E-state index contributed by atoms with van der Waals surface area (Å²) in [5, 5.41) is 6.10. The Kier molecular flexibility index (Phi) is 5.81. The van der Waals surface area contributed by atoms with E-state index < -0.39 is 23.3 Å². The first-order valence-electron chi connectivity index (χ1n) is 10.6. The zero-order valence-corrected chi connectivity index (χ0v) is 19.1. The molecular weight excluding hydrogens is 434 g/mol. The Bertz CT molecular complexity index is 1100. The molecule has 9 nitrogen and oxygen atoms in total. The van der Waals surface area contributed by atoms with E-state index in [9.17, 15) is 18.4 Å². The average Bonchev–Trinajstić information content (AvgIpc) is 2.70. The molecule has 1 saturated heterocycles. The van der Waals surface area contributed by atoms with Crippen LogP contribution >= 0.6 is 0 Å². The molecule has 2 aliphatic rings. The minimum atomic E-state index is -0.926. The average molecular weight is 460 g/mol. The fourth-order valence-corrected chi connectivity index (χ4v) is 4.26. The first kappa shape index (κ1) is 22.7. The SMILES string of the molecule is COc1c(F)cc(C(=O)N2CC(Nc3nc(C)c4c(n3)N(C)C(C(C)C)C(=O)N4)C2)cc1F. The molecule has 176 valence electrons. The van der Waals surface area contributed by atoms with Gasteiger partial charge in [-0.05, 0) is 25.0 Å². The number of carbonyl (C=O) groups is 2. The summed E-state index contributed by atoms with van der Waals surface area (Å²) < 4.78 is 32.5. The van der Waals surface area contributed by atoms with Crippen LogP contribution in [0, 0.1) is 24.5 Å². The third kappa shape index (κ3) is 4.03. The number of nitrogens with zero attached hydrogens (tertiary/aromatic N) is 4. The topological polar surface area (TPSA) is 99.7 Å². The Hall–Kier alpha value is -3.50. The van der Waals surface area contributed by atoms with Crippen molar-refractivity contribution < 1.29 is 23.1 Å². The van der Waals surface area contributed by atoms with Gasteiger partial charge in [-0.2, -0.15) is 4.98 Å². The molecule has 1 atom stereocenters.